The van der Waals surface area contributed by atoms with Gasteiger partial charge in [0.1, 0.15) is 0 Å². The van der Waals surface area contributed by atoms with Crippen LogP contribution in [0.3, 0.4) is 0 Å². The molecule has 0 radical (unpaired) electrons. The molecule has 0 bridgehead atoms. The fraction of sp³-hybridized carbons (Fsp3) is 0.0448. The molecule has 0 N–H and O–H groups in total. The molecule has 0 saturated heterocycles. The second-order valence-corrected chi connectivity index (χ2v) is 19.3. The molecule has 0 fully saturated rings. The summed E-state index contributed by atoms with van der Waals surface area (Å²) in [5.74, 6) is 0. The molecule has 13 aromatic rings. The molecule has 70 heavy (non-hydrogen) atoms. The van der Waals surface area contributed by atoms with E-state index in [-0.39, 0.29) is 5.41 Å². The third-order valence-electron chi connectivity index (χ3n) is 15.1. The lowest BCUT2D eigenvalue weighted by Gasteiger charge is -2.26. The molecular formula is C67H47N3. The van der Waals surface area contributed by atoms with Crippen molar-refractivity contribution in [1.29, 1.82) is 0 Å². The number of benzene rings is 11. The number of rotatable bonds is 7. The van der Waals surface area contributed by atoms with E-state index in [4.69, 9.17) is 0 Å². The van der Waals surface area contributed by atoms with E-state index in [2.05, 4.69) is 277 Å². The maximum absolute atomic E-state index is 2.46. The first-order valence-corrected chi connectivity index (χ1v) is 24.3. The minimum absolute atomic E-state index is 0.0687. The fourth-order valence-electron chi connectivity index (χ4n) is 11.7. The summed E-state index contributed by atoms with van der Waals surface area (Å²) in [6.45, 7) is 4.73. The number of anilines is 3. The SMILES string of the molecule is CC1(C)c2ccccc2-c2c1ccc1cc3c4cc(-c5cccc(N(c6ccc(-c7ccccc7)cc6)c6ccc7c8ccccc8n(-c8ccccc8)c7c6)c5)ccc4n(-c4ccccc4)c3cc21. The molecule has 330 valence electrons. The number of para-hydroxylation sites is 3. The van der Waals surface area contributed by atoms with Gasteiger partial charge in [-0.25, -0.2) is 0 Å². The van der Waals surface area contributed by atoms with Gasteiger partial charge in [0.25, 0.3) is 0 Å². The van der Waals surface area contributed by atoms with Crippen molar-refractivity contribution < 1.29 is 0 Å². The van der Waals surface area contributed by atoms with Crippen molar-refractivity contribution in [3.05, 3.63) is 260 Å². The van der Waals surface area contributed by atoms with Crippen LogP contribution in [-0.4, -0.2) is 9.13 Å². The van der Waals surface area contributed by atoms with Crippen LogP contribution < -0.4 is 4.90 Å². The number of aromatic nitrogens is 2. The summed E-state index contributed by atoms with van der Waals surface area (Å²) in [5, 5.41) is 7.51. The zero-order valence-corrected chi connectivity index (χ0v) is 39.0. The highest BCUT2D eigenvalue weighted by atomic mass is 15.1. The number of hydrogen-bond acceptors (Lipinski definition) is 1. The van der Waals surface area contributed by atoms with Gasteiger partial charge in [0.15, 0.2) is 0 Å². The second kappa shape index (κ2) is 15.6. The van der Waals surface area contributed by atoms with Crippen molar-refractivity contribution in [3.8, 4) is 44.8 Å². The zero-order chi connectivity index (χ0) is 46.5. The van der Waals surface area contributed by atoms with Gasteiger partial charge in [0.05, 0.1) is 22.1 Å². The molecule has 14 rings (SSSR count). The average molecular weight is 894 g/mol. The van der Waals surface area contributed by atoms with E-state index in [1.54, 1.807) is 0 Å². The Bertz CT molecular complexity index is 4180. The average Bonchev–Trinajstić information content (AvgIpc) is 4.01. The Kier molecular flexibility index (Phi) is 8.93. The van der Waals surface area contributed by atoms with Crippen LogP contribution in [0.1, 0.15) is 25.0 Å². The lowest BCUT2D eigenvalue weighted by molar-refractivity contribution is 0.661. The molecule has 0 amide bonds. The highest BCUT2D eigenvalue weighted by molar-refractivity contribution is 6.17. The quantitative estimate of drug-likeness (QED) is 0.155. The molecule has 3 heteroatoms. The standard InChI is InChI=1S/C67H47N3/c1-67(2)60-27-14-12-26-56(60)66-57-43-65-59(41-48(57)31-37-61(66)67)58-40-47(32-38-63(58)70(65)50-22-10-5-11-23-50)46-19-16-24-52(39-46)68(51-33-29-45(30-34-51)44-17-6-3-7-18-44)53-35-36-55-54-25-13-15-28-62(54)69(64(55)42-53)49-20-8-4-9-21-49/h3-43H,1-2H3. The maximum atomic E-state index is 2.46. The first-order chi connectivity index (χ1) is 34.5. The lowest BCUT2D eigenvalue weighted by Crippen LogP contribution is -2.14. The second-order valence-electron chi connectivity index (χ2n) is 19.3. The van der Waals surface area contributed by atoms with Gasteiger partial charge in [-0.15, -0.1) is 0 Å². The van der Waals surface area contributed by atoms with Gasteiger partial charge in [-0.2, -0.15) is 0 Å². The van der Waals surface area contributed by atoms with Gasteiger partial charge in [-0.1, -0.05) is 172 Å². The van der Waals surface area contributed by atoms with Crippen molar-refractivity contribution in [2.24, 2.45) is 0 Å². The Morgan fingerprint density at radius 2 is 0.871 bits per heavy atom. The van der Waals surface area contributed by atoms with E-state index in [0.717, 1.165) is 39.5 Å². The van der Waals surface area contributed by atoms with Crippen LogP contribution in [0.4, 0.5) is 17.1 Å². The van der Waals surface area contributed by atoms with E-state index in [1.165, 1.54) is 87.8 Å². The first-order valence-electron chi connectivity index (χ1n) is 24.3. The fourth-order valence-corrected chi connectivity index (χ4v) is 11.7. The van der Waals surface area contributed by atoms with E-state index in [9.17, 15) is 0 Å². The van der Waals surface area contributed by atoms with Crippen molar-refractivity contribution in [1.82, 2.24) is 9.13 Å². The molecular weight excluding hydrogens is 847 g/mol. The molecule has 0 unspecified atom stereocenters. The van der Waals surface area contributed by atoms with Crippen molar-refractivity contribution in [3.63, 3.8) is 0 Å². The number of fused-ring (bicyclic) bond motifs is 11. The molecule has 1 aliphatic carbocycles. The third kappa shape index (κ3) is 6.15. The minimum atomic E-state index is -0.0687. The number of nitrogens with zero attached hydrogens (tertiary/aromatic N) is 3. The summed E-state index contributed by atoms with van der Waals surface area (Å²) in [6.07, 6.45) is 0. The molecule has 1 aliphatic rings. The lowest BCUT2D eigenvalue weighted by atomic mass is 9.82. The van der Waals surface area contributed by atoms with Crippen LogP contribution in [0, 0.1) is 0 Å². The van der Waals surface area contributed by atoms with Gasteiger partial charge in [0.2, 0.25) is 0 Å². The monoisotopic (exact) mass is 893 g/mol. The number of hydrogen-bond donors (Lipinski definition) is 0. The molecule has 3 nitrogen and oxygen atoms in total. The minimum Gasteiger partial charge on any atom is -0.310 e. The largest absolute Gasteiger partial charge is 0.310 e. The zero-order valence-electron chi connectivity index (χ0n) is 39.0. The normalized spacial score (nSPS) is 12.8. The summed E-state index contributed by atoms with van der Waals surface area (Å²) >= 11 is 0. The smallest absolute Gasteiger partial charge is 0.0561 e. The molecule has 0 atom stereocenters. The van der Waals surface area contributed by atoms with Gasteiger partial charge in [-0.3, -0.25) is 0 Å². The van der Waals surface area contributed by atoms with Crippen molar-refractivity contribution in [2.75, 3.05) is 4.90 Å². The van der Waals surface area contributed by atoms with Gasteiger partial charge in [0, 0.05) is 55.4 Å². The Morgan fingerprint density at radius 1 is 0.314 bits per heavy atom. The first kappa shape index (κ1) is 40.2. The summed E-state index contributed by atoms with van der Waals surface area (Å²) in [5.41, 5.74) is 20.5. The van der Waals surface area contributed by atoms with Gasteiger partial charge < -0.3 is 14.0 Å². The Morgan fingerprint density at radius 3 is 1.64 bits per heavy atom. The summed E-state index contributed by atoms with van der Waals surface area (Å²) in [7, 11) is 0. The molecule has 11 aromatic carbocycles. The third-order valence-corrected chi connectivity index (χ3v) is 15.1. The molecule has 2 heterocycles. The summed E-state index contributed by atoms with van der Waals surface area (Å²) in [4.78, 5) is 2.41. The highest BCUT2D eigenvalue weighted by Crippen LogP contribution is 2.52. The van der Waals surface area contributed by atoms with Crippen LogP contribution in [-0.2, 0) is 5.41 Å². The summed E-state index contributed by atoms with van der Waals surface area (Å²) in [6, 6.07) is 91.6. The Hall–Kier alpha value is -8.92. The highest BCUT2D eigenvalue weighted by Gasteiger charge is 2.36. The predicted octanol–water partition coefficient (Wildman–Crippen LogP) is 18.1. The van der Waals surface area contributed by atoms with Crippen LogP contribution >= 0.6 is 0 Å². The van der Waals surface area contributed by atoms with Crippen LogP contribution in [0.5, 0.6) is 0 Å². The summed E-state index contributed by atoms with van der Waals surface area (Å²) < 4.78 is 4.86. The molecule has 0 aliphatic heterocycles. The predicted molar refractivity (Wildman–Crippen MR) is 296 cm³/mol. The van der Waals surface area contributed by atoms with E-state index < -0.39 is 0 Å². The molecule has 0 spiro atoms. The Balaban J connectivity index is 0.951. The molecule has 2 aromatic heterocycles. The van der Waals surface area contributed by atoms with Gasteiger partial charge >= 0.3 is 0 Å². The van der Waals surface area contributed by atoms with E-state index >= 15 is 0 Å². The Labute approximate surface area is 407 Å². The van der Waals surface area contributed by atoms with Gasteiger partial charge in [-0.05, 0) is 146 Å². The van der Waals surface area contributed by atoms with E-state index in [1.807, 2.05) is 0 Å². The van der Waals surface area contributed by atoms with Crippen molar-refractivity contribution in [2.45, 2.75) is 19.3 Å². The molecule has 0 saturated carbocycles. The topological polar surface area (TPSA) is 13.1 Å². The maximum Gasteiger partial charge on any atom is 0.0561 e. The van der Waals surface area contributed by atoms with E-state index in [0.29, 0.717) is 0 Å². The van der Waals surface area contributed by atoms with Crippen LogP contribution in [0.2, 0.25) is 0 Å². The van der Waals surface area contributed by atoms with Crippen LogP contribution in [0.25, 0.3) is 99.1 Å². The van der Waals surface area contributed by atoms with Crippen LogP contribution in [0.15, 0.2) is 249 Å². The van der Waals surface area contributed by atoms with Crippen molar-refractivity contribution >= 4 is 71.4 Å².